The maximum atomic E-state index is 13.4. The number of carbonyl (C=O) groups excluding carboxylic acids is 4. The van der Waals surface area contributed by atoms with Crippen molar-refractivity contribution < 1.29 is 28.7 Å². The Hall–Kier alpha value is -3.94. The van der Waals surface area contributed by atoms with Gasteiger partial charge in [0, 0.05) is 24.7 Å². The average molecular weight is 513 g/mol. The first-order valence-electron chi connectivity index (χ1n) is 13.4. The zero-order valence-electron chi connectivity index (χ0n) is 21.0. The van der Waals surface area contributed by atoms with Crippen LogP contribution in [0.4, 0.5) is 11.4 Å². The van der Waals surface area contributed by atoms with E-state index in [9.17, 15) is 19.2 Å². The van der Waals surface area contributed by atoms with Gasteiger partial charge >= 0.3 is 5.97 Å². The number of hydrogen-bond donors (Lipinski definition) is 0. The summed E-state index contributed by atoms with van der Waals surface area (Å²) in [4.78, 5) is 55.4. The van der Waals surface area contributed by atoms with E-state index in [0.29, 0.717) is 35.6 Å². The van der Waals surface area contributed by atoms with Gasteiger partial charge in [-0.05, 0) is 73.4 Å². The van der Waals surface area contributed by atoms with E-state index in [1.807, 2.05) is 6.92 Å². The molecule has 8 heteroatoms. The topological polar surface area (TPSA) is 93.2 Å². The summed E-state index contributed by atoms with van der Waals surface area (Å²) in [6, 6.07) is 13.8. The summed E-state index contributed by atoms with van der Waals surface area (Å²) in [5.74, 6) is 0.166. The molecule has 2 aromatic rings. The molecule has 0 N–H and O–H groups in total. The van der Waals surface area contributed by atoms with Crippen LogP contribution in [0, 0.1) is 41.4 Å². The second-order valence-electron chi connectivity index (χ2n) is 10.9. The maximum absolute atomic E-state index is 13.4. The Kier molecular flexibility index (Phi) is 5.22. The summed E-state index contributed by atoms with van der Waals surface area (Å²) in [5.41, 5.74) is 1.12. The van der Waals surface area contributed by atoms with Gasteiger partial charge in [0.2, 0.25) is 17.7 Å². The molecular weight excluding hydrogens is 484 g/mol. The number of ether oxygens (including phenoxy) is 2. The van der Waals surface area contributed by atoms with Crippen LogP contribution in [0.1, 0.15) is 19.8 Å². The Balaban J connectivity index is 1.05. The maximum Gasteiger partial charge on any atom is 0.316 e. The summed E-state index contributed by atoms with van der Waals surface area (Å²) in [7, 11) is 0. The van der Waals surface area contributed by atoms with Gasteiger partial charge in [0.25, 0.3) is 0 Å². The highest BCUT2D eigenvalue weighted by molar-refractivity contribution is 6.22. The number of anilines is 2. The molecule has 2 aromatic carbocycles. The zero-order valence-corrected chi connectivity index (χ0v) is 21.0. The summed E-state index contributed by atoms with van der Waals surface area (Å²) < 4.78 is 11.1. The molecule has 8 rings (SSSR count). The van der Waals surface area contributed by atoms with Gasteiger partial charge < -0.3 is 14.4 Å². The van der Waals surface area contributed by atoms with Crippen molar-refractivity contribution in [1.29, 1.82) is 0 Å². The number of imide groups is 1. The summed E-state index contributed by atoms with van der Waals surface area (Å²) in [6.45, 7) is 2.67. The van der Waals surface area contributed by atoms with E-state index in [1.165, 1.54) is 4.90 Å². The molecule has 0 radical (unpaired) electrons. The van der Waals surface area contributed by atoms with Gasteiger partial charge in [0.05, 0.1) is 30.0 Å². The third-order valence-corrected chi connectivity index (χ3v) is 8.87. The van der Waals surface area contributed by atoms with E-state index in [0.717, 1.165) is 6.42 Å². The Morgan fingerprint density at radius 2 is 1.58 bits per heavy atom. The van der Waals surface area contributed by atoms with Crippen molar-refractivity contribution in [2.24, 2.45) is 41.4 Å². The molecular formula is C30H28N2O6. The molecule has 7 unspecified atom stereocenters. The number of rotatable bonds is 6. The van der Waals surface area contributed by atoms with Crippen LogP contribution >= 0.6 is 0 Å². The number of nitrogens with zero attached hydrogens (tertiary/aromatic N) is 2. The molecule has 3 amide bonds. The van der Waals surface area contributed by atoms with Crippen molar-refractivity contribution in [2.45, 2.75) is 19.8 Å². The third-order valence-electron chi connectivity index (χ3n) is 8.87. The first kappa shape index (κ1) is 23.2. The van der Waals surface area contributed by atoms with Crippen molar-refractivity contribution >= 4 is 35.1 Å². The lowest BCUT2D eigenvalue weighted by Crippen LogP contribution is -2.40. The fourth-order valence-electron chi connectivity index (χ4n) is 7.10. The molecule has 194 valence electrons. The molecule has 4 aliphatic carbocycles. The van der Waals surface area contributed by atoms with E-state index < -0.39 is 11.9 Å². The van der Waals surface area contributed by atoms with E-state index in [4.69, 9.17) is 9.47 Å². The largest absolute Gasteiger partial charge is 0.494 e. The van der Waals surface area contributed by atoms with E-state index >= 15 is 0 Å². The van der Waals surface area contributed by atoms with Crippen molar-refractivity contribution in [3.8, 4) is 11.5 Å². The smallest absolute Gasteiger partial charge is 0.316 e. The molecule has 38 heavy (non-hydrogen) atoms. The third kappa shape index (κ3) is 3.50. The number of hydrogen-bond acceptors (Lipinski definition) is 6. The van der Waals surface area contributed by atoms with E-state index in [1.54, 1.807) is 53.4 Å². The standard InChI is InChI=1S/C30H28N2O6/c1-2-37-19-8-6-17(7-9-19)31-15-16(12-25(31)33)30(36)38-20-5-3-4-18(13-20)32-28(34)26-21-10-11-22(24-14-23(21)24)27(26)29(32)35/h3-11,13,16,21-24,26-27H,2,12,14-15H2,1H3. The Morgan fingerprint density at radius 1 is 0.895 bits per heavy atom. The van der Waals surface area contributed by atoms with E-state index in [-0.39, 0.29) is 60.1 Å². The number of allylic oxidation sites excluding steroid dienone is 2. The van der Waals surface area contributed by atoms with Crippen LogP contribution in [0.3, 0.4) is 0 Å². The van der Waals surface area contributed by atoms with Crippen LogP contribution in [-0.2, 0) is 19.2 Å². The lowest BCUT2D eigenvalue weighted by atomic mass is 9.63. The first-order chi connectivity index (χ1) is 18.4. The highest BCUT2D eigenvalue weighted by atomic mass is 16.5. The lowest BCUT2D eigenvalue weighted by Gasteiger charge is -2.37. The van der Waals surface area contributed by atoms with Crippen LogP contribution in [0.15, 0.2) is 60.7 Å². The molecule has 2 saturated carbocycles. The number of amides is 3. The first-order valence-corrected chi connectivity index (χ1v) is 13.4. The van der Waals surface area contributed by atoms with Crippen LogP contribution in [-0.4, -0.2) is 36.8 Å². The minimum atomic E-state index is -0.621. The minimum Gasteiger partial charge on any atom is -0.494 e. The van der Waals surface area contributed by atoms with Crippen LogP contribution in [0.2, 0.25) is 0 Å². The number of esters is 1. The Morgan fingerprint density at radius 3 is 2.24 bits per heavy atom. The predicted molar refractivity (Wildman–Crippen MR) is 137 cm³/mol. The van der Waals surface area contributed by atoms with Gasteiger partial charge in [-0.3, -0.25) is 19.2 Å². The molecule has 0 aromatic heterocycles. The molecule has 8 nitrogen and oxygen atoms in total. The summed E-state index contributed by atoms with van der Waals surface area (Å²) in [5, 5.41) is 0. The van der Waals surface area contributed by atoms with Gasteiger partial charge in [-0.25, -0.2) is 4.90 Å². The summed E-state index contributed by atoms with van der Waals surface area (Å²) >= 11 is 0. The van der Waals surface area contributed by atoms with Crippen molar-refractivity contribution in [1.82, 2.24) is 0 Å². The molecule has 7 atom stereocenters. The number of benzene rings is 2. The van der Waals surface area contributed by atoms with Gasteiger partial charge in [0.1, 0.15) is 11.5 Å². The van der Waals surface area contributed by atoms with Gasteiger partial charge in [0.15, 0.2) is 0 Å². The molecule has 4 fully saturated rings. The monoisotopic (exact) mass is 512 g/mol. The van der Waals surface area contributed by atoms with Crippen LogP contribution in [0.25, 0.3) is 0 Å². The van der Waals surface area contributed by atoms with Gasteiger partial charge in [-0.15, -0.1) is 0 Å². The minimum absolute atomic E-state index is 0.0519. The fraction of sp³-hybridized carbons (Fsp3) is 0.400. The fourth-order valence-corrected chi connectivity index (χ4v) is 7.10. The van der Waals surface area contributed by atoms with Crippen LogP contribution < -0.4 is 19.3 Å². The number of carbonyl (C=O) groups is 4. The molecule has 6 aliphatic rings. The van der Waals surface area contributed by atoms with Crippen molar-refractivity contribution in [3.05, 3.63) is 60.7 Å². The quantitative estimate of drug-likeness (QED) is 0.254. The Bertz CT molecular complexity index is 1350. The van der Waals surface area contributed by atoms with Crippen molar-refractivity contribution in [3.63, 3.8) is 0 Å². The normalized spacial score (nSPS) is 32.4. The molecule has 2 heterocycles. The molecule has 0 spiro atoms. The summed E-state index contributed by atoms with van der Waals surface area (Å²) in [6.07, 6.45) is 5.45. The zero-order chi connectivity index (χ0) is 26.1. The second kappa shape index (κ2) is 8.55. The Labute approximate surface area is 220 Å². The van der Waals surface area contributed by atoms with Crippen molar-refractivity contribution in [2.75, 3.05) is 23.0 Å². The van der Waals surface area contributed by atoms with Gasteiger partial charge in [-0.1, -0.05) is 18.2 Å². The lowest BCUT2D eigenvalue weighted by molar-refractivity contribution is -0.139. The van der Waals surface area contributed by atoms with E-state index in [2.05, 4.69) is 12.2 Å². The molecule has 2 bridgehead atoms. The average Bonchev–Trinajstić information content (AvgIpc) is 3.60. The predicted octanol–water partition coefficient (Wildman–Crippen LogP) is 3.60. The highest BCUT2D eigenvalue weighted by Gasteiger charge is 2.67. The SMILES string of the molecule is CCOc1ccc(N2CC(C(=O)Oc3cccc(N4C(=O)C5C6C=CC(C7CC67)C5C4=O)c3)CC2=O)cc1. The van der Waals surface area contributed by atoms with Gasteiger partial charge in [-0.2, -0.15) is 0 Å². The molecule has 2 saturated heterocycles. The highest BCUT2D eigenvalue weighted by Crippen LogP contribution is 2.65. The molecule has 2 aliphatic heterocycles. The second-order valence-corrected chi connectivity index (χ2v) is 10.9. The van der Waals surface area contributed by atoms with Crippen LogP contribution in [0.5, 0.6) is 11.5 Å².